The number of anilines is 1. The van der Waals surface area contributed by atoms with E-state index in [2.05, 4.69) is 35.7 Å². The summed E-state index contributed by atoms with van der Waals surface area (Å²) >= 11 is 0. The van der Waals surface area contributed by atoms with E-state index < -0.39 is 5.82 Å². The van der Waals surface area contributed by atoms with E-state index >= 15 is 4.39 Å². The van der Waals surface area contributed by atoms with Crippen LogP contribution in [0, 0.1) is 5.82 Å². The molecule has 1 fully saturated rings. The summed E-state index contributed by atoms with van der Waals surface area (Å²) in [5, 5.41) is 22.2. The fourth-order valence-corrected chi connectivity index (χ4v) is 3.43. The van der Waals surface area contributed by atoms with Gasteiger partial charge in [0.2, 0.25) is 5.82 Å². The lowest BCUT2D eigenvalue weighted by Crippen LogP contribution is -2.46. The third-order valence-electron chi connectivity index (χ3n) is 4.73. The molecule has 0 atom stereocenters. The van der Waals surface area contributed by atoms with Gasteiger partial charge < -0.3 is 9.64 Å². The monoisotopic (exact) mass is 398 g/mol. The Balaban J connectivity index is 1.57. The zero-order valence-corrected chi connectivity index (χ0v) is 16.4. The van der Waals surface area contributed by atoms with Crippen LogP contribution in [0.3, 0.4) is 0 Å². The van der Waals surface area contributed by atoms with Crippen LogP contribution >= 0.6 is 0 Å². The molecule has 10 heteroatoms. The Morgan fingerprint density at radius 3 is 2.62 bits per heavy atom. The van der Waals surface area contributed by atoms with Crippen molar-refractivity contribution in [1.82, 2.24) is 35.7 Å². The fourth-order valence-electron chi connectivity index (χ4n) is 3.43. The van der Waals surface area contributed by atoms with Crippen LogP contribution in [-0.2, 0) is 6.54 Å². The molecule has 0 saturated carbocycles. The Hall–Kier alpha value is -3.14. The second-order valence-electron chi connectivity index (χ2n) is 7.15. The number of hydrogen-bond donors (Lipinski definition) is 1. The van der Waals surface area contributed by atoms with Gasteiger partial charge in [-0.25, -0.2) is 4.39 Å². The number of rotatable bonds is 6. The van der Waals surface area contributed by atoms with Gasteiger partial charge in [-0.15, -0.1) is 10.2 Å². The molecule has 0 aliphatic carbocycles. The molecule has 1 N–H and O–H groups in total. The molecule has 29 heavy (non-hydrogen) atoms. The normalized spacial score (nSPS) is 15.1. The topological polar surface area (TPSA) is 96.0 Å². The first-order valence-electron chi connectivity index (χ1n) is 9.58. The lowest BCUT2D eigenvalue weighted by molar-refractivity contribution is 0.229. The van der Waals surface area contributed by atoms with Crippen LogP contribution in [-0.4, -0.2) is 68.0 Å². The highest BCUT2D eigenvalue weighted by Gasteiger charge is 2.26. The van der Waals surface area contributed by atoms with Gasteiger partial charge in [0, 0.05) is 44.5 Å². The fraction of sp³-hybridized carbons (Fsp3) is 0.421. The molecule has 4 rings (SSSR count). The zero-order chi connectivity index (χ0) is 20.2. The van der Waals surface area contributed by atoms with Gasteiger partial charge >= 0.3 is 0 Å². The van der Waals surface area contributed by atoms with Crippen LogP contribution in [0.4, 0.5) is 10.1 Å². The molecule has 0 bridgehead atoms. The molecule has 1 saturated heterocycles. The number of halogens is 1. The minimum Gasteiger partial charge on any atom is -0.488 e. The second kappa shape index (κ2) is 8.48. The third kappa shape index (κ3) is 4.32. The van der Waals surface area contributed by atoms with Gasteiger partial charge in [0.25, 0.3) is 0 Å². The van der Waals surface area contributed by atoms with Crippen molar-refractivity contribution in [3.63, 3.8) is 0 Å². The molecule has 152 valence electrons. The molecule has 1 aliphatic rings. The molecule has 9 nitrogen and oxygen atoms in total. The minimum absolute atomic E-state index is 0.128. The molecule has 0 radical (unpaired) electrons. The van der Waals surface area contributed by atoms with E-state index in [1.54, 1.807) is 18.3 Å². The van der Waals surface area contributed by atoms with Gasteiger partial charge in [-0.1, -0.05) is 0 Å². The highest BCUT2D eigenvalue weighted by molar-refractivity contribution is 5.76. The Labute approximate surface area is 167 Å². The minimum atomic E-state index is -0.400. The van der Waals surface area contributed by atoms with Gasteiger partial charge in [0.1, 0.15) is 0 Å². The lowest BCUT2D eigenvalue weighted by Gasteiger charge is -2.36. The third-order valence-corrected chi connectivity index (χ3v) is 4.73. The van der Waals surface area contributed by atoms with Crippen molar-refractivity contribution < 1.29 is 9.13 Å². The highest BCUT2D eigenvalue weighted by atomic mass is 19.1. The summed E-state index contributed by atoms with van der Waals surface area (Å²) in [4.78, 5) is 4.29. The van der Waals surface area contributed by atoms with E-state index in [-0.39, 0.29) is 11.9 Å². The summed E-state index contributed by atoms with van der Waals surface area (Å²) in [6, 6.07) is 7.24. The summed E-state index contributed by atoms with van der Waals surface area (Å²) in [6.07, 6.45) is 1.54. The Morgan fingerprint density at radius 1 is 1.14 bits per heavy atom. The lowest BCUT2D eigenvalue weighted by atomic mass is 10.1. The van der Waals surface area contributed by atoms with Gasteiger partial charge in [-0.2, -0.15) is 15.4 Å². The van der Waals surface area contributed by atoms with Crippen LogP contribution in [0.15, 0.2) is 30.5 Å². The molecular formula is C19H23FN8O. The van der Waals surface area contributed by atoms with Crippen LogP contribution in [0.25, 0.3) is 11.4 Å². The number of hydrogen-bond acceptors (Lipinski definition) is 8. The van der Waals surface area contributed by atoms with E-state index in [1.165, 1.54) is 0 Å². The van der Waals surface area contributed by atoms with Gasteiger partial charge in [0.15, 0.2) is 11.6 Å². The number of tetrazole rings is 1. The van der Waals surface area contributed by atoms with Crippen molar-refractivity contribution in [2.45, 2.75) is 26.5 Å². The number of nitrogens with one attached hydrogen (secondary N) is 1. The van der Waals surface area contributed by atoms with E-state index in [4.69, 9.17) is 4.74 Å². The van der Waals surface area contributed by atoms with Crippen LogP contribution in [0.1, 0.15) is 19.5 Å². The Kier molecular flexibility index (Phi) is 5.61. The van der Waals surface area contributed by atoms with Crippen molar-refractivity contribution in [2.24, 2.45) is 0 Å². The Morgan fingerprint density at radius 2 is 1.97 bits per heavy atom. The van der Waals surface area contributed by atoms with E-state index in [0.29, 0.717) is 30.2 Å². The molecule has 0 spiro atoms. The van der Waals surface area contributed by atoms with E-state index in [0.717, 1.165) is 25.3 Å². The number of piperazine rings is 1. The van der Waals surface area contributed by atoms with Crippen molar-refractivity contribution in [2.75, 3.05) is 31.1 Å². The standard InChI is InChI=1S/C19H23FN8O/c1-13(2)29-16-6-5-15(19-23-25-26-24-19)18(17(16)20)28-10-8-27(9-11-28)12-14-4-3-7-21-22-14/h3-7,13H,8-12H2,1-2H3,(H,23,24,25,26). The van der Waals surface area contributed by atoms with Crippen LogP contribution < -0.4 is 9.64 Å². The largest absolute Gasteiger partial charge is 0.488 e. The predicted molar refractivity (Wildman–Crippen MR) is 105 cm³/mol. The molecular weight excluding hydrogens is 375 g/mol. The number of ether oxygens (including phenoxy) is 1. The van der Waals surface area contributed by atoms with Gasteiger partial charge in [-0.05, 0) is 43.3 Å². The second-order valence-corrected chi connectivity index (χ2v) is 7.15. The quantitative estimate of drug-likeness (QED) is 0.673. The van der Waals surface area contributed by atoms with Crippen LogP contribution in [0.2, 0.25) is 0 Å². The first kappa shape index (κ1) is 19.2. The van der Waals surface area contributed by atoms with E-state index in [1.807, 2.05) is 30.9 Å². The van der Waals surface area contributed by atoms with Crippen LogP contribution in [0.5, 0.6) is 5.75 Å². The first-order valence-corrected chi connectivity index (χ1v) is 9.58. The summed E-state index contributed by atoms with van der Waals surface area (Å²) in [6.45, 7) is 7.33. The number of aromatic amines is 1. The summed E-state index contributed by atoms with van der Waals surface area (Å²) in [5.41, 5.74) is 1.96. The van der Waals surface area contributed by atoms with Crippen molar-refractivity contribution in [3.8, 4) is 17.1 Å². The van der Waals surface area contributed by atoms with Crippen molar-refractivity contribution >= 4 is 5.69 Å². The molecule has 3 heterocycles. The first-order chi connectivity index (χ1) is 14.1. The summed E-state index contributed by atoms with van der Waals surface area (Å²) in [5.74, 6) is 0.185. The predicted octanol–water partition coefficient (Wildman–Crippen LogP) is 1.91. The van der Waals surface area contributed by atoms with Gasteiger partial charge in [0.05, 0.1) is 17.5 Å². The molecule has 1 aliphatic heterocycles. The summed E-state index contributed by atoms with van der Waals surface area (Å²) < 4.78 is 21.1. The summed E-state index contributed by atoms with van der Waals surface area (Å²) in [7, 11) is 0. The van der Waals surface area contributed by atoms with Gasteiger partial charge in [-0.3, -0.25) is 4.90 Å². The average molecular weight is 398 g/mol. The van der Waals surface area contributed by atoms with E-state index in [9.17, 15) is 0 Å². The average Bonchev–Trinajstić information content (AvgIpc) is 3.25. The molecule has 0 unspecified atom stereocenters. The number of nitrogens with zero attached hydrogens (tertiary/aromatic N) is 7. The molecule has 3 aromatic rings. The SMILES string of the molecule is CC(C)Oc1ccc(-c2nn[nH]n2)c(N2CCN(Cc3cccnn3)CC2)c1F. The highest BCUT2D eigenvalue weighted by Crippen LogP contribution is 2.37. The number of benzene rings is 1. The molecule has 1 aromatic carbocycles. The zero-order valence-electron chi connectivity index (χ0n) is 16.4. The Bertz CT molecular complexity index is 927. The molecule has 2 aromatic heterocycles. The number of H-pyrrole nitrogens is 1. The number of aromatic nitrogens is 6. The smallest absolute Gasteiger partial charge is 0.206 e. The maximum absolute atomic E-state index is 15.4. The molecule has 0 amide bonds. The van der Waals surface area contributed by atoms with Crippen molar-refractivity contribution in [3.05, 3.63) is 42.0 Å². The maximum Gasteiger partial charge on any atom is 0.206 e. The maximum atomic E-state index is 15.4. The van der Waals surface area contributed by atoms with Crippen molar-refractivity contribution in [1.29, 1.82) is 0 Å².